The molecular formula is C13H23N3O3S. The fourth-order valence-electron chi connectivity index (χ4n) is 2.68. The van der Waals surface area contributed by atoms with E-state index in [0.29, 0.717) is 48.9 Å². The van der Waals surface area contributed by atoms with E-state index in [-0.39, 0.29) is 0 Å². The second-order valence-electron chi connectivity index (χ2n) is 5.59. The van der Waals surface area contributed by atoms with E-state index in [4.69, 9.17) is 4.74 Å². The van der Waals surface area contributed by atoms with Crippen LogP contribution in [0.2, 0.25) is 0 Å². The lowest BCUT2D eigenvalue weighted by molar-refractivity contribution is 0.0537. The molecule has 1 aromatic heterocycles. The fourth-order valence-corrected chi connectivity index (χ4v) is 4.56. The number of hydrogen-bond donors (Lipinski definition) is 1. The van der Waals surface area contributed by atoms with E-state index in [1.165, 1.54) is 0 Å². The topological polar surface area (TPSA) is 73.2 Å². The minimum atomic E-state index is -3.56. The highest BCUT2D eigenvalue weighted by atomic mass is 32.2. The van der Waals surface area contributed by atoms with E-state index in [1.807, 2.05) is 13.8 Å². The lowest BCUT2D eigenvalue weighted by Crippen LogP contribution is -2.49. The van der Waals surface area contributed by atoms with Gasteiger partial charge < -0.3 is 4.74 Å². The van der Waals surface area contributed by atoms with E-state index in [0.717, 1.165) is 0 Å². The molecule has 0 atom stereocenters. The number of rotatable bonds is 4. The summed E-state index contributed by atoms with van der Waals surface area (Å²) in [7, 11) is -3.56. The molecule has 0 amide bonds. The summed E-state index contributed by atoms with van der Waals surface area (Å²) in [6.07, 6.45) is 1.37. The quantitative estimate of drug-likeness (QED) is 0.911. The van der Waals surface area contributed by atoms with E-state index in [2.05, 4.69) is 9.82 Å². The molecule has 7 heteroatoms. The largest absolute Gasteiger partial charge is 0.381 e. The zero-order valence-electron chi connectivity index (χ0n) is 12.6. The van der Waals surface area contributed by atoms with Crippen LogP contribution in [-0.4, -0.2) is 37.0 Å². The van der Waals surface area contributed by atoms with Gasteiger partial charge in [0.2, 0.25) is 10.0 Å². The highest BCUT2D eigenvalue weighted by molar-refractivity contribution is 7.89. The molecule has 0 bridgehead atoms. The van der Waals surface area contributed by atoms with Crippen LogP contribution in [-0.2, 0) is 21.3 Å². The Balaban J connectivity index is 2.33. The Kier molecular flexibility index (Phi) is 4.22. The van der Waals surface area contributed by atoms with Crippen molar-refractivity contribution in [2.24, 2.45) is 0 Å². The number of aryl methyl sites for hydroxylation is 2. The number of hydrogen-bond acceptors (Lipinski definition) is 4. The molecule has 0 radical (unpaired) electrons. The molecule has 0 aromatic carbocycles. The van der Waals surface area contributed by atoms with Crippen LogP contribution in [0.15, 0.2) is 4.90 Å². The van der Waals surface area contributed by atoms with Crippen molar-refractivity contribution in [3.63, 3.8) is 0 Å². The number of aromatic nitrogens is 2. The number of nitrogens with zero attached hydrogens (tertiary/aromatic N) is 2. The Morgan fingerprint density at radius 3 is 2.45 bits per heavy atom. The van der Waals surface area contributed by atoms with Gasteiger partial charge >= 0.3 is 0 Å². The van der Waals surface area contributed by atoms with Crippen LogP contribution in [0.1, 0.15) is 38.1 Å². The summed E-state index contributed by atoms with van der Waals surface area (Å²) in [5.74, 6) is 0. The summed E-state index contributed by atoms with van der Waals surface area (Å²) in [6.45, 7) is 9.25. The molecule has 0 unspecified atom stereocenters. The van der Waals surface area contributed by atoms with Crippen molar-refractivity contribution in [3.05, 3.63) is 11.4 Å². The van der Waals surface area contributed by atoms with Gasteiger partial charge in [0.15, 0.2) is 0 Å². The summed E-state index contributed by atoms with van der Waals surface area (Å²) >= 11 is 0. The highest BCUT2D eigenvalue weighted by Gasteiger charge is 2.35. The Labute approximate surface area is 120 Å². The third-order valence-corrected chi connectivity index (χ3v) is 5.75. The van der Waals surface area contributed by atoms with Gasteiger partial charge in [0.25, 0.3) is 0 Å². The zero-order valence-corrected chi connectivity index (χ0v) is 13.4. The van der Waals surface area contributed by atoms with Crippen molar-refractivity contribution < 1.29 is 13.2 Å². The Hall–Kier alpha value is -0.920. The SMILES string of the molecule is CCn1nc(C)c(S(=O)(=O)NC2(C)CCOCC2)c1C. The van der Waals surface area contributed by atoms with Gasteiger partial charge in [0.05, 0.1) is 11.4 Å². The minimum Gasteiger partial charge on any atom is -0.381 e. The molecule has 1 aromatic rings. The Bertz CT molecular complexity index is 586. The zero-order chi connectivity index (χ0) is 15.0. The van der Waals surface area contributed by atoms with Crippen molar-refractivity contribution >= 4 is 10.0 Å². The smallest absolute Gasteiger partial charge is 0.244 e. The lowest BCUT2D eigenvalue weighted by atomic mass is 9.94. The van der Waals surface area contributed by atoms with E-state index in [9.17, 15) is 8.42 Å². The van der Waals surface area contributed by atoms with Crippen molar-refractivity contribution in [2.45, 2.75) is 57.5 Å². The summed E-state index contributed by atoms with van der Waals surface area (Å²) in [5, 5.41) is 4.28. The van der Waals surface area contributed by atoms with Gasteiger partial charge in [-0.05, 0) is 40.5 Å². The molecule has 1 aliphatic rings. The molecule has 1 N–H and O–H groups in total. The number of sulfonamides is 1. The average molecular weight is 301 g/mol. The Morgan fingerprint density at radius 2 is 1.95 bits per heavy atom. The first-order valence-corrected chi connectivity index (χ1v) is 8.43. The molecule has 2 rings (SSSR count). The molecule has 0 spiro atoms. The first kappa shape index (κ1) is 15.5. The van der Waals surface area contributed by atoms with Crippen molar-refractivity contribution in [3.8, 4) is 0 Å². The molecule has 0 saturated carbocycles. The van der Waals surface area contributed by atoms with E-state index in [1.54, 1.807) is 18.5 Å². The van der Waals surface area contributed by atoms with Crippen LogP contribution in [0.5, 0.6) is 0 Å². The summed E-state index contributed by atoms with van der Waals surface area (Å²) < 4.78 is 35.2. The van der Waals surface area contributed by atoms with E-state index < -0.39 is 15.6 Å². The molecule has 1 saturated heterocycles. The third-order valence-electron chi connectivity index (χ3n) is 3.86. The second kappa shape index (κ2) is 5.46. The van der Waals surface area contributed by atoms with Gasteiger partial charge in [0.1, 0.15) is 4.90 Å². The first-order valence-electron chi connectivity index (χ1n) is 6.95. The highest BCUT2D eigenvalue weighted by Crippen LogP contribution is 2.25. The van der Waals surface area contributed by atoms with Gasteiger partial charge in [-0.25, -0.2) is 13.1 Å². The normalized spacial score (nSPS) is 19.2. The predicted octanol–water partition coefficient (Wildman–Crippen LogP) is 1.37. The lowest BCUT2D eigenvalue weighted by Gasteiger charge is -2.34. The molecule has 0 aliphatic carbocycles. The molecule has 1 fully saturated rings. The Morgan fingerprint density at radius 1 is 1.35 bits per heavy atom. The fraction of sp³-hybridized carbons (Fsp3) is 0.769. The third kappa shape index (κ3) is 2.89. The summed E-state index contributed by atoms with van der Waals surface area (Å²) in [6, 6.07) is 0. The summed E-state index contributed by atoms with van der Waals surface area (Å²) in [5.41, 5.74) is 0.797. The first-order chi connectivity index (χ1) is 9.29. The minimum absolute atomic E-state index is 0.312. The molecular weight excluding hydrogens is 278 g/mol. The number of nitrogens with one attached hydrogen (secondary N) is 1. The van der Waals surface area contributed by atoms with Crippen LogP contribution in [0.25, 0.3) is 0 Å². The molecule has 1 aliphatic heterocycles. The monoisotopic (exact) mass is 301 g/mol. The van der Waals surface area contributed by atoms with Crippen LogP contribution in [0.3, 0.4) is 0 Å². The van der Waals surface area contributed by atoms with Crippen LogP contribution < -0.4 is 4.72 Å². The van der Waals surface area contributed by atoms with Crippen molar-refractivity contribution in [1.82, 2.24) is 14.5 Å². The van der Waals surface area contributed by atoms with Crippen LogP contribution in [0.4, 0.5) is 0 Å². The molecule has 6 nitrogen and oxygen atoms in total. The predicted molar refractivity (Wildman–Crippen MR) is 76.2 cm³/mol. The van der Waals surface area contributed by atoms with Crippen molar-refractivity contribution in [2.75, 3.05) is 13.2 Å². The van der Waals surface area contributed by atoms with Gasteiger partial charge in [-0.15, -0.1) is 0 Å². The standard InChI is InChI=1S/C13H23N3O3S/c1-5-16-11(3)12(10(2)14-16)20(17,18)15-13(4)6-8-19-9-7-13/h15H,5-9H2,1-4H3. The molecule has 2 heterocycles. The summed E-state index contributed by atoms with van der Waals surface area (Å²) in [4.78, 5) is 0.312. The van der Waals surface area contributed by atoms with Gasteiger partial charge in [-0.2, -0.15) is 5.10 Å². The maximum absolute atomic E-state index is 12.7. The second-order valence-corrected chi connectivity index (χ2v) is 7.21. The molecule has 20 heavy (non-hydrogen) atoms. The van der Waals surface area contributed by atoms with E-state index >= 15 is 0 Å². The van der Waals surface area contributed by atoms with Gasteiger partial charge in [0, 0.05) is 25.3 Å². The molecule has 114 valence electrons. The maximum Gasteiger partial charge on any atom is 0.244 e. The van der Waals surface area contributed by atoms with Gasteiger partial charge in [-0.3, -0.25) is 4.68 Å². The maximum atomic E-state index is 12.7. The average Bonchev–Trinajstić information content (AvgIpc) is 2.64. The van der Waals surface area contributed by atoms with Crippen LogP contribution >= 0.6 is 0 Å². The van der Waals surface area contributed by atoms with Crippen molar-refractivity contribution in [1.29, 1.82) is 0 Å². The number of ether oxygens (including phenoxy) is 1. The van der Waals surface area contributed by atoms with Crippen LogP contribution in [0, 0.1) is 13.8 Å². The van der Waals surface area contributed by atoms with Gasteiger partial charge in [-0.1, -0.05) is 0 Å².